The summed E-state index contributed by atoms with van der Waals surface area (Å²) >= 11 is 1.48. The van der Waals surface area contributed by atoms with Crippen LogP contribution in [-0.2, 0) is 0 Å². The molecule has 0 bridgehead atoms. The minimum absolute atomic E-state index is 0.0351. The fourth-order valence-corrected chi connectivity index (χ4v) is 3.13. The molecule has 1 atom stereocenters. The van der Waals surface area contributed by atoms with Crippen LogP contribution in [0, 0.1) is 0 Å². The molecule has 1 aliphatic rings. The van der Waals surface area contributed by atoms with Crippen LogP contribution in [0.4, 0.5) is 5.82 Å². The second kappa shape index (κ2) is 6.05. The zero-order chi connectivity index (χ0) is 13.8. The molecule has 1 N–H and O–H groups in total. The molecule has 0 saturated carbocycles. The van der Waals surface area contributed by atoms with Crippen molar-refractivity contribution in [2.24, 2.45) is 0 Å². The van der Waals surface area contributed by atoms with Crippen molar-refractivity contribution in [2.45, 2.75) is 18.9 Å². The molecule has 0 aromatic carbocycles. The number of rotatable bonds is 3. The van der Waals surface area contributed by atoms with Crippen LogP contribution in [0.15, 0.2) is 41.9 Å². The van der Waals surface area contributed by atoms with Crippen LogP contribution in [0.2, 0.25) is 0 Å². The number of aromatic nitrogens is 1. The van der Waals surface area contributed by atoms with Gasteiger partial charge in [0.15, 0.2) is 0 Å². The minimum atomic E-state index is 0.0351. The molecule has 2 aromatic heterocycles. The quantitative estimate of drug-likeness (QED) is 0.943. The van der Waals surface area contributed by atoms with E-state index in [1.165, 1.54) is 11.3 Å². The van der Waals surface area contributed by atoms with Crippen LogP contribution in [0.5, 0.6) is 0 Å². The average Bonchev–Trinajstić information content (AvgIpc) is 3.03. The number of piperidine rings is 1. The Labute approximate surface area is 122 Å². The summed E-state index contributed by atoms with van der Waals surface area (Å²) in [5.41, 5.74) is 0. The van der Waals surface area contributed by atoms with E-state index in [1.807, 2.05) is 41.9 Å². The van der Waals surface area contributed by atoms with E-state index in [4.69, 9.17) is 0 Å². The van der Waals surface area contributed by atoms with Gasteiger partial charge in [-0.1, -0.05) is 12.1 Å². The average molecular weight is 287 g/mol. The van der Waals surface area contributed by atoms with E-state index in [0.29, 0.717) is 0 Å². The molecule has 3 rings (SSSR count). The van der Waals surface area contributed by atoms with E-state index in [0.717, 1.165) is 36.6 Å². The highest BCUT2D eigenvalue weighted by Crippen LogP contribution is 2.18. The zero-order valence-corrected chi connectivity index (χ0v) is 12.0. The van der Waals surface area contributed by atoms with E-state index >= 15 is 0 Å². The molecular weight excluding hydrogens is 270 g/mol. The summed E-state index contributed by atoms with van der Waals surface area (Å²) in [6.07, 6.45) is 3.91. The Morgan fingerprint density at radius 1 is 1.35 bits per heavy atom. The Hall–Kier alpha value is -1.88. The van der Waals surface area contributed by atoms with Crippen molar-refractivity contribution < 1.29 is 4.79 Å². The molecule has 20 heavy (non-hydrogen) atoms. The maximum atomic E-state index is 12.1. The molecule has 2 aromatic rings. The van der Waals surface area contributed by atoms with Crippen LogP contribution in [0.1, 0.15) is 22.5 Å². The lowest BCUT2D eigenvalue weighted by molar-refractivity contribution is 0.0937. The van der Waals surface area contributed by atoms with Gasteiger partial charge in [-0.2, -0.15) is 0 Å². The lowest BCUT2D eigenvalue weighted by Crippen LogP contribution is -2.47. The van der Waals surface area contributed by atoms with Crippen LogP contribution in [0.3, 0.4) is 0 Å². The zero-order valence-electron chi connectivity index (χ0n) is 11.2. The van der Waals surface area contributed by atoms with Gasteiger partial charge >= 0.3 is 0 Å². The number of carbonyl (C=O) groups excluding carboxylic acids is 1. The summed E-state index contributed by atoms with van der Waals surface area (Å²) in [4.78, 5) is 19.5. The number of hydrogen-bond donors (Lipinski definition) is 1. The van der Waals surface area contributed by atoms with Crippen molar-refractivity contribution in [1.82, 2.24) is 10.3 Å². The van der Waals surface area contributed by atoms with Crippen molar-refractivity contribution in [2.75, 3.05) is 18.0 Å². The van der Waals surface area contributed by atoms with Gasteiger partial charge in [0.2, 0.25) is 0 Å². The lowest BCUT2D eigenvalue weighted by Gasteiger charge is -2.33. The second-order valence-electron chi connectivity index (χ2n) is 4.92. The molecule has 1 aliphatic heterocycles. The summed E-state index contributed by atoms with van der Waals surface area (Å²) in [5.74, 6) is 1.02. The van der Waals surface area contributed by atoms with Gasteiger partial charge in [0.25, 0.3) is 5.91 Å². The van der Waals surface area contributed by atoms with E-state index in [1.54, 1.807) is 0 Å². The predicted molar refractivity (Wildman–Crippen MR) is 81.3 cm³/mol. The Bertz CT molecular complexity index is 556. The molecule has 0 aliphatic carbocycles. The van der Waals surface area contributed by atoms with Crippen molar-refractivity contribution in [3.63, 3.8) is 0 Å². The molecule has 0 unspecified atom stereocenters. The van der Waals surface area contributed by atoms with Crippen LogP contribution < -0.4 is 10.2 Å². The summed E-state index contributed by atoms with van der Waals surface area (Å²) in [5, 5.41) is 5.05. The van der Waals surface area contributed by atoms with Crippen molar-refractivity contribution in [3.8, 4) is 0 Å². The largest absolute Gasteiger partial charge is 0.355 e. The fourth-order valence-electron chi connectivity index (χ4n) is 2.51. The van der Waals surface area contributed by atoms with Gasteiger partial charge in [-0.05, 0) is 36.4 Å². The normalized spacial score (nSPS) is 18.8. The molecule has 0 spiro atoms. The van der Waals surface area contributed by atoms with Gasteiger partial charge in [0.05, 0.1) is 4.88 Å². The van der Waals surface area contributed by atoms with Gasteiger partial charge in [0, 0.05) is 25.3 Å². The molecule has 0 radical (unpaired) electrons. The van der Waals surface area contributed by atoms with Gasteiger partial charge in [-0.3, -0.25) is 4.79 Å². The number of nitrogens with zero attached hydrogens (tertiary/aromatic N) is 2. The maximum absolute atomic E-state index is 12.1. The Morgan fingerprint density at radius 3 is 3.05 bits per heavy atom. The van der Waals surface area contributed by atoms with Crippen LogP contribution in [-0.4, -0.2) is 30.0 Å². The third-order valence-electron chi connectivity index (χ3n) is 3.47. The molecule has 3 heterocycles. The van der Waals surface area contributed by atoms with Crippen molar-refractivity contribution in [1.29, 1.82) is 0 Å². The highest BCUT2D eigenvalue weighted by atomic mass is 32.1. The summed E-state index contributed by atoms with van der Waals surface area (Å²) in [6.45, 7) is 1.83. The van der Waals surface area contributed by atoms with Gasteiger partial charge < -0.3 is 10.2 Å². The molecule has 1 saturated heterocycles. The van der Waals surface area contributed by atoms with E-state index in [9.17, 15) is 4.79 Å². The third kappa shape index (κ3) is 2.99. The van der Waals surface area contributed by atoms with Gasteiger partial charge in [-0.15, -0.1) is 11.3 Å². The highest BCUT2D eigenvalue weighted by Gasteiger charge is 2.22. The lowest BCUT2D eigenvalue weighted by atomic mass is 10.1. The van der Waals surface area contributed by atoms with Crippen molar-refractivity contribution in [3.05, 3.63) is 46.8 Å². The molecule has 1 fully saturated rings. The number of anilines is 1. The number of carbonyl (C=O) groups is 1. The number of amides is 1. The summed E-state index contributed by atoms with van der Waals surface area (Å²) in [6, 6.07) is 9.89. The Morgan fingerprint density at radius 2 is 2.30 bits per heavy atom. The minimum Gasteiger partial charge on any atom is -0.355 e. The summed E-state index contributed by atoms with van der Waals surface area (Å²) < 4.78 is 0. The van der Waals surface area contributed by atoms with E-state index in [2.05, 4.69) is 15.2 Å². The molecule has 104 valence electrons. The number of thiophene rings is 1. The van der Waals surface area contributed by atoms with Gasteiger partial charge in [-0.25, -0.2) is 4.98 Å². The topological polar surface area (TPSA) is 45.2 Å². The standard InChI is InChI=1S/C15H17N3OS/c19-15(13-6-4-10-20-13)17-12-5-3-9-18(11-12)14-7-1-2-8-16-14/h1-2,4,6-8,10,12H,3,5,9,11H2,(H,17,19)/t12-/m0/s1. The summed E-state index contributed by atoms with van der Waals surface area (Å²) in [7, 11) is 0. The predicted octanol–water partition coefficient (Wildman–Crippen LogP) is 2.54. The highest BCUT2D eigenvalue weighted by molar-refractivity contribution is 7.12. The third-order valence-corrected chi connectivity index (χ3v) is 4.34. The van der Waals surface area contributed by atoms with E-state index in [-0.39, 0.29) is 11.9 Å². The first-order chi connectivity index (χ1) is 9.83. The number of pyridine rings is 1. The Kier molecular flexibility index (Phi) is 3.97. The van der Waals surface area contributed by atoms with Crippen molar-refractivity contribution >= 4 is 23.1 Å². The van der Waals surface area contributed by atoms with Crippen LogP contribution in [0.25, 0.3) is 0 Å². The van der Waals surface area contributed by atoms with Gasteiger partial charge in [0.1, 0.15) is 5.82 Å². The number of nitrogens with one attached hydrogen (secondary N) is 1. The first kappa shape index (κ1) is 13.1. The second-order valence-corrected chi connectivity index (χ2v) is 5.87. The number of hydrogen-bond acceptors (Lipinski definition) is 4. The Balaban J connectivity index is 1.62. The molecule has 1 amide bonds. The van der Waals surface area contributed by atoms with Crippen LogP contribution >= 0.6 is 11.3 Å². The monoisotopic (exact) mass is 287 g/mol. The first-order valence-corrected chi connectivity index (χ1v) is 7.71. The van der Waals surface area contributed by atoms with E-state index < -0.39 is 0 Å². The molecule has 5 heteroatoms. The smallest absolute Gasteiger partial charge is 0.261 e. The SMILES string of the molecule is O=C(N[C@H]1CCCN(c2ccccn2)C1)c1cccs1. The molecular formula is C15H17N3OS. The maximum Gasteiger partial charge on any atom is 0.261 e. The fraction of sp³-hybridized carbons (Fsp3) is 0.333. The first-order valence-electron chi connectivity index (χ1n) is 6.83. The molecule has 4 nitrogen and oxygen atoms in total.